The molecular formula is C16H18N4O4S. The Morgan fingerprint density at radius 2 is 1.84 bits per heavy atom. The quantitative estimate of drug-likeness (QED) is 0.857. The fraction of sp³-hybridized carbons (Fsp3) is 0.375. The lowest BCUT2D eigenvalue weighted by molar-refractivity contribution is -0.132. The number of rotatable bonds is 5. The molecule has 1 N–H and O–H groups in total. The van der Waals surface area contributed by atoms with Crippen molar-refractivity contribution >= 4 is 29.1 Å². The van der Waals surface area contributed by atoms with E-state index in [9.17, 15) is 14.4 Å². The number of carbonyl (C=O) groups excluding carboxylic acids is 2. The Labute approximate surface area is 148 Å². The number of carbonyl (C=O) groups is 3. The molecule has 0 aromatic carbocycles. The first-order valence-corrected chi connectivity index (χ1v) is 8.80. The smallest absolute Gasteiger partial charge is 0.356 e. The van der Waals surface area contributed by atoms with Gasteiger partial charge < -0.3 is 14.9 Å². The van der Waals surface area contributed by atoms with Crippen molar-refractivity contribution < 1.29 is 19.5 Å². The van der Waals surface area contributed by atoms with Gasteiger partial charge in [-0.25, -0.2) is 4.79 Å². The molecule has 0 saturated carbocycles. The van der Waals surface area contributed by atoms with Gasteiger partial charge in [0.1, 0.15) is 0 Å². The number of aromatic nitrogens is 2. The van der Waals surface area contributed by atoms with E-state index in [1.165, 1.54) is 22.1 Å². The Bertz CT molecular complexity index is 763. The SMILES string of the molecule is O=C(O)c1ccn(CCC(=O)N2CCN(C(=O)c3cccs3)CC2)n1. The summed E-state index contributed by atoms with van der Waals surface area (Å²) in [4.78, 5) is 39.6. The zero-order valence-electron chi connectivity index (χ0n) is 13.5. The summed E-state index contributed by atoms with van der Waals surface area (Å²) in [5, 5.41) is 14.6. The van der Waals surface area contributed by atoms with Gasteiger partial charge in [0, 0.05) is 45.3 Å². The van der Waals surface area contributed by atoms with E-state index in [1.54, 1.807) is 22.1 Å². The first kappa shape index (κ1) is 17.2. The lowest BCUT2D eigenvalue weighted by atomic mass is 10.2. The van der Waals surface area contributed by atoms with E-state index in [4.69, 9.17) is 5.11 Å². The van der Waals surface area contributed by atoms with Gasteiger partial charge in [-0.05, 0) is 17.5 Å². The number of thiophene rings is 1. The normalized spacial score (nSPS) is 14.6. The summed E-state index contributed by atoms with van der Waals surface area (Å²) in [5.74, 6) is -1.09. The number of hydrogen-bond donors (Lipinski definition) is 1. The van der Waals surface area contributed by atoms with E-state index in [0.717, 1.165) is 0 Å². The van der Waals surface area contributed by atoms with Crippen LogP contribution in [0.15, 0.2) is 29.8 Å². The van der Waals surface area contributed by atoms with Crippen LogP contribution in [0.1, 0.15) is 26.6 Å². The summed E-state index contributed by atoms with van der Waals surface area (Å²) in [7, 11) is 0. The third kappa shape index (κ3) is 4.05. The van der Waals surface area contributed by atoms with Crippen LogP contribution in [0.25, 0.3) is 0 Å². The molecular weight excluding hydrogens is 344 g/mol. The third-order valence-corrected chi connectivity index (χ3v) is 4.92. The van der Waals surface area contributed by atoms with Gasteiger partial charge in [0.2, 0.25) is 5.91 Å². The number of nitrogens with zero attached hydrogens (tertiary/aromatic N) is 4. The molecule has 9 heteroatoms. The molecule has 0 spiro atoms. The lowest BCUT2D eigenvalue weighted by Crippen LogP contribution is -2.50. The van der Waals surface area contributed by atoms with Crippen molar-refractivity contribution in [3.8, 4) is 0 Å². The molecule has 0 atom stereocenters. The van der Waals surface area contributed by atoms with E-state index in [2.05, 4.69) is 5.10 Å². The largest absolute Gasteiger partial charge is 0.476 e. The van der Waals surface area contributed by atoms with Crippen LogP contribution in [0, 0.1) is 0 Å². The van der Waals surface area contributed by atoms with E-state index >= 15 is 0 Å². The van der Waals surface area contributed by atoms with Crippen LogP contribution in [-0.2, 0) is 11.3 Å². The number of amides is 2. The van der Waals surface area contributed by atoms with Crippen molar-refractivity contribution in [1.29, 1.82) is 0 Å². The van der Waals surface area contributed by atoms with Gasteiger partial charge in [0.25, 0.3) is 5.91 Å². The van der Waals surface area contributed by atoms with E-state index in [-0.39, 0.29) is 23.9 Å². The molecule has 0 unspecified atom stereocenters. The van der Waals surface area contributed by atoms with E-state index in [0.29, 0.717) is 37.6 Å². The lowest BCUT2D eigenvalue weighted by Gasteiger charge is -2.34. The topological polar surface area (TPSA) is 95.7 Å². The maximum Gasteiger partial charge on any atom is 0.356 e. The molecule has 132 valence electrons. The van der Waals surface area contributed by atoms with Crippen LogP contribution < -0.4 is 0 Å². The monoisotopic (exact) mass is 362 g/mol. The second-order valence-electron chi connectivity index (χ2n) is 5.67. The predicted molar refractivity (Wildman–Crippen MR) is 90.6 cm³/mol. The van der Waals surface area contributed by atoms with Crippen LogP contribution in [0.3, 0.4) is 0 Å². The molecule has 0 radical (unpaired) electrons. The average Bonchev–Trinajstić information content (AvgIpc) is 3.31. The summed E-state index contributed by atoms with van der Waals surface area (Å²) in [6, 6.07) is 5.06. The number of aromatic carboxylic acids is 1. The molecule has 1 saturated heterocycles. The maximum absolute atomic E-state index is 12.3. The number of aryl methyl sites for hydroxylation is 1. The highest BCUT2D eigenvalue weighted by Gasteiger charge is 2.25. The third-order valence-electron chi connectivity index (χ3n) is 4.07. The zero-order chi connectivity index (χ0) is 17.8. The number of piperazine rings is 1. The number of hydrogen-bond acceptors (Lipinski definition) is 5. The summed E-state index contributed by atoms with van der Waals surface area (Å²) >= 11 is 1.42. The van der Waals surface area contributed by atoms with Gasteiger partial charge in [-0.2, -0.15) is 5.10 Å². The van der Waals surface area contributed by atoms with Gasteiger partial charge in [0.15, 0.2) is 5.69 Å². The molecule has 1 aliphatic rings. The molecule has 8 nitrogen and oxygen atoms in total. The Kier molecular flexibility index (Phi) is 5.13. The Balaban J connectivity index is 1.46. The molecule has 0 bridgehead atoms. The van der Waals surface area contributed by atoms with E-state index in [1.807, 2.05) is 11.4 Å². The highest BCUT2D eigenvalue weighted by Crippen LogP contribution is 2.14. The zero-order valence-corrected chi connectivity index (χ0v) is 14.3. The molecule has 1 aliphatic heterocycles. The Hall–Kier alpha value is -2.68. The number of carboxylic acids is 1. The van der Waals surface area contributed by atoms with Crippen molar-refractivity contribution in [3.05, 3.63) is 40.3 Å². The van der Waals surface area contributed by atoms with Crippen LogP contribution in [-0.4, -0.2) is 68.6 Å². The molecule has 2 aromatic rings. The minimum absolute atomic E-state index is 0.0137. The highest BCUT2D eigenvalue weighted by molar-refractivity contribution is 7.12. The Morgan fingerprint density at radius 3 is 2.44 bits per heavy atom. The second kappa shape index (κ2) is 7.47. The highest BCUT2D eigenvalue weighted by atomic mass is 32.1. The van der Waals surface area contributed by atoms with Crippen molar-refractivity contribution in [2.45, 2.75) is 13.0 Å². The molecule has 1 fully saturated rings. The molecule has 2 aromatic heterocycles. The van der Waals surface area contributed by atoms with Gasteiger partial charge in [-0.15, -0.1) is 11.3 Å². The standard InChI is InChI=1S/C16H18N4O4S/c21-14(4-6-20-5-3-12(17-20)16(23)24)18-7-9-19(10-8-18)15(22)13-2-1-11-25-13/h1-3,5,11H,4,6-10H2,(H,23,24). The summed E-state index contributed by atoms with van der Waals surface area (Å²) in [5.41, 5.74) is -0.0341. The van der Waals surface area contributed by atoms with Crippen LogP contribution in [0.4, 0.5) is 0 Å². The van der Waals surface area contributed by atoms with Gasteiger partial charge in [0.05, 0.1) is 4.88 Å². The number of carboxylic acid groups (broad SMARTS) is 1. The first-order chi connectivity index (χ1) is 12.0. The predicted octanol–water partition coefficient (Wildman–Crippen LogP) is 1.02. The van der Waals surface area contributed by atoms with Crippen LogP contribution >= 0.6 is 11.3 Å². The maximum atomic E-state index is 12.3. The van der Waals surface area contributed by atoms with Crippen LogP contribution in [0.5, 0.6) is 0 Å². The minimum atomic E-state index is -1.09. The average molecular weight is 362 g/mol. The summed E-state index contributed by atoms with van der Waals surface area (Å²) in [6.45, 7) is 2.39. The molecule has 0 aliphatic carbocycles. The molecule has 25 heavy (non-hydrogen) atoms. The summed E-state index contributed by atoms with van der Waals surface area (Å²) in [6.07, 6.45) is 1.80. The first-order valence-electron chi connectivity index (χ1n) is 7.92. The van der Waals surface area contributed by atoms with Gasteiger partial charge in [-0.1, -0.05) is 6.07 Å². The van der Waals surface area contributed by atoms with Gasteiger partial charge >= 0.3 is 5.97 Å². The molecule has 2 amide bonds. The van der Waals surface area contributed by atoms with E-state index < -0.39 is 5.97 Å². The molecule has 3 heterocycles. The molecule has 3 rings (SSSR count). The van der Waals surface area contributed by atoms with Gasteiger partial charge in [-0.3, -0.25) is 14.3 Å². The fourth-order valence-corrected chi connectivity index (χ4v) is 3.37. The van der Waals surface area contributed by atoms with Crippen molar-refractivity contribution in [1.82, 2.24) is 19.6 Å². The van der Waals surface area contributed by atoms with Crippen LogP contribution in [0.2, 0.25) is 0 Å². The van der Waals surface area contributed by atoms with Crippen molar-refractivity contribution in [2.24, 2.45) is 0 Å². The van der Waals surface area contributed by atoms with Crippen molar-refractivity contribution in [3.63, 3.8) is 0 Å². The summed E-state index contributed by atoms with van der Waals surface area (Å²) < 4.78 is 1.46. The van der Waals surface area contributed by atoms with Crippen molar-refractivity contribution in [2.75, 3.05) is 26.2 Å². The second-order valence-corrected chi connectivity index (χ2v) is 6.62. The fourth-order valence-electron chi connectivity index (χ4n) is 2.68. The Morgan fingerprint density at radius 1 is 1.12 bits per heavy atom. The minimum Gasteiger partial charge on any atom is -0.476 e.